The van der Waals surface area contributed by atoms with Crippen LogP contribution in [0.5, 0.6) is 0 Å². The topological polar surface area (TPSA) is 66.5 Å². The fraction of sp³-hybridized carbons (Fsp3) is 0.889. The lowest BCUT2D eigenvalue weighted by molar-refractivity contribution is 0.144. The van der Waals surface area contributed by atoms with E-state index in [1.54, 1.807) is 0 Å². The first kappa shape index (κ1) is 5.61. The molecule has 0 amide bonds. The lowest BCUT2D eigenvalue weighted by Gasteiger charge is -2.11. The van der Waals surface area contributed by atoms with Gasteiger partial charge in [-0.3, -0.25) is 0 Å². The van der Waals surface area contributed by atoms with Crippen molar-refractivity contribution in [1.82, 2.24) is 0 Å². The molecular weight excluding hydrogens is 262 g/mol. The maximum atomic E-state index is 10.4. The summed E-state index contributed by atoms with van der Waals surface area (Å²) in [4.78, 5) is 0. The molecule has 0 radical (unpaired) electrons. The largest absolute Gasteiger partial charge is 0.395 e. The van der Waals surface area contributed by atoms with E-state index in [9.17, 15) is 10.2 Å². The molecule has 0 unspecified atom stereocenters. The van der Waals surface area contributed by atoms with Gasteiger partial charge in [-0.05, 0) is 12.7 Å². The predicted octanol–water partition coefficient (Wildman–Crippen LogP) is 3.92. The van der Waals surface area contributed by atoms with Crippen LogP contribution in [0, 0.1) is 0 Å². The molecule has 3 heteroatoms. The van der Waals surface area contributed by atoms with Gasteiger partial charge in [0.05, 0.1) is 26.9 Å². The minimum absolute atomic E-state index is 0.111. The highest BCUT2D eigenvalue weighted by atomic mass is 16.3. The van der Waals surface area contributed by atoms with E-state index < -0.39 is 74.8 Å². The molecule has 0 heterocycles. The first-order valence-corrected chi connectivity index (χ1v) is 6.98. The van der Waals surface area contributed by atoms with Gasteiger partial charge in [0.15, 0.2) is 0 Å². The summed E-state index contributed by atoms with van der Waals surface area (Å²) in [7, 11) is 0. The Morgan fingerprint density at radius 2 is 1.81 bits per heavy atom. The second kappa shape index (κ2) is 16.0. The van der Waals surface area contributed by atoms with E-state index in [-0.39, 0.29) is 6.42 Å². The number of allylic oxidation sites excluding steroid dienone is 1. The molecule has 0 bridgehead atoms. The van der Waals surface area contributed by atoms with Crippen molar-refractivity contribution in [2.24, 2.45) is 5.72 Å². The van der Waals surface area contributed by atoms with Crippen LogP contribution in [-0.4, -0.2) is 28.9 Å². The third kappa shape index (κ3) is 14.3. The van der Waals surface area contributed by atoms with Gasteiger partial charge in [0, 0.05) is 13.7 Å². The second-order valence-corrected chi connectivity index (χ2v) is 4.25. The van der Waals surface area contributed by atoms with Crippen LogP contribution in [0.15, 0.2) is 12.1 Å². The van der Waals surface area contributed by atoms with Crippen LogP contribution in [0.1, 0.15) is 106 Å². The summed E-state index contributed by atoms with van der Waals surface area (Å²) in [5, 5.41) is 20.0. The molecule has 0 aliphatic heterocycles. The van der Waals surface area contributed by atoms with Gasteiger partial charge in [-0.1, -0.05) is 83.1 Å². The fourth-order valence-electron chi connectivity index (χ4n) is 1.40. The first-order chi connectivity index (χ1) is 17.1. The standard InChI is InChI=1S/C18H37NO2/c1-2-3-4-5-6-7-8-9-10-11-12-13-14-15-18(21)17(19)16-20/h14-15,17-18,20-21H,2-13,16,19H2,1H3/b15-14+/t17-,18+/m0/s1/i9D2,10D2,11D2,12D2,13D2,14D,15D,16D2,17D,18D/hD2. The Morgan fingerprint density at radius 1 is 1.14 bits per heavy atom. The zero-order valence-electron chi connectivity index (χ0n) is 30.3. The summed E-state index contributed by atoms with van der Waals surface area (Å²) in [6.45, 7) is -2.13. The van der Waals surface area contributed by atoms with Crippen LogP contribution in [-0.2, 0) is 0 Å². The molecule has 0 saturated carbocycles. The Bertz CT molecular complexity index is 853. The highest BCUT2D eigenvalue weighted by molar-refractivity contribution is 4.93. The molecule has 0 aliphatic rings. The maximum Gasteiger partial charge on any atom is 0.119 e. The SMILES string of the molecule is [2H]/C(=C(/[2H])[C@@]([2H])(O)[C@@]([2H])(N([2H])[2H])C([2H])([2H])O)C([2H])([2H])C([2H])([2H])C([2H])([2H])C([2H])([2H])C([2H])([2H])CCCCCCCC. The summed E-state index contributed by atoms with van der Waals surface area (Å²) in [6.07, 6.45) is -20.0. The van der Waals surface area contributed by atoms with Crippen molar-refractivity contribution in [1.29, 1.82) is 0 Å². The average molecular weight is 318 g/mol. The van der Waals surface area contributed by atoms with Gasteiger partial charge in [-0.2, -0.15) is 0 Å². The van der Waals surface area contributed by atoms with Gasteiger partial charge in [-0.25, -0.2) is 0 Å². The molecule has 126 valence electrons. The van der Waals surface area contributed by atoms with E-state index in [1.807, 2.05) is 6.92 Å². The summed E-state index contributed by atoms with van der Waals surface area (Å²) >= 11 is 0. The molecule has 21 heavy (non-hydrogen) atoms. The number of hydrogen-bond acceptors (Lipinski definition) is 3. The van der Waals surface area contributed by atoms with Crippen LogP contribution in [0.3, 0.4) is 0 Å². The van der Waals surface area contributed by atoms with E-state index in [0.717, 1.165) is 19.3 Å². The van der Waals surface area contributed by atoms with E-state index in [4.69, 9.17) is 24.8 Å². The minimum Gasteiger partial charge on any atom is -0.395 e. The van der Waals surface area contributed by atoms with Crippen molar-refractivity contribution in [3.63, 3.8) is 0 Å². The van der Waals surface area contributed by atoms with Crippen molar-refractivity contribution in [3.8, 4) is 0 Å². The lowest BCUT2D eigenvalue weighted by Crippen LogP contribution is -2.36. The van der Waals surface area contributed by atoms with Crippen LogP contribution >= 0.6 is 0 Å². The van der Waals surface area contributed by atoms with Gasteiger partial charge in [0.25, 0.3) is 0 Å². The van der Waals surface area contributed by atoms with E-state index >= 15 is 0 Å². The first-order valence-electron chi connectivity index (χ1n) is 15.9. The number of nitrogens with two attached hydrogens (primary N) is 1. The Morgan fingerprint density at radius 3 is 2.48 bits per heavy atom. The van der Waals surface area contributed by atoms with Crippen molar-refractivity contribution in [3.05, 3.63) is 12.1 Å². The van der Waals surface area contributed by atoms with E-state index in [1.165, 1.54) is 0 Å². The van der Waals surface area contributed by atoms with Crippen molar-refractivity contribution >= 4 is 0 Å². The third-order valence-electron chi connectivity index (χ3n) is 2.50. The number of hydrogen-bond donors (Lipinski definition) is 3. The Kier molecular flexibility index (Phi) is 4.27. The molecule has 3 nitrogen and oxygen atoms in total. The number of aliphatic hydroxyl groups is 2. The smallest absolute Gasteiger partial charge is 0.119 e. The van der Waals surface area contributed by atoms with Gasteiger partial charge < -0.3 is 15.9 Å². The third-order valence-corrected chi connectivity index (χ3v) is 2.50. The second-order valence-electron chi connectivity index (χ2n) is 4.25. The summed E-state index contributed by atoms with van der Waals surface area (Å²) in [5.74, 6) is 0. The van der Waals surface area contributed by atoms with Gasteiger partial charge in [0.2, 0.25) is 0 Å². The highest BCUT2D eigenvalue weighted by Crippen LogP contribution is 2.12. The fourth-order valence-corrected chi connectivity index (χ4v) is 1.40. The monoisotopic (exact) mass is 317 g/mol. The quantitative estimate of drug-likeness (QED) is 0.298. The minimum atomic E-state index is -4.30. The Hall–Kier alpha value is -0.380. The maximum absolute atomic E-state index is 10.4. The van der Waals surface area contributed by atoms with Crippen LogP contribution < -0.4 is 5.72 Å². The van der Waals surface area contributed by atoms with E-state index in [2.05, 4.69) is 0 Å². The van der Waals surface area contributed by atoms with Gasteiger partial charge in [-0.15, -0.1) is 0 Å². The predicted molar refractivity (Wildman–Crippen MR) is 91.3 cm³/mol. The molecule has 0 fully saturated rings. The summed E-state index contributed by atoms with van der Waals surface area (Å²) < 4.78 is 141. The van der Waals surface area contributed by atoms with Crippen molar-refractivity contribution in [2.45, 2.75) is 95.8 Å². The molecule has 0 aromatic rings. The van der Waals surface area contributed by atoms with Crippen molar-refractivity contribution < 1.29 is 35.0 Å². The zero-order chi connectivity index (χ0) is 31.7. The molecule has 0 spiro atoms. The molecular formula is C18H37NO2. The summed E-state index contributed by atoms with van der Waals surface area (Å²) in [6, 6.07) is -8.36. The van der Waals surface area contributed by atoms with Crippen LogP contribution in [0.4, 0.5) is 0 Å². The molecule has 0 aromatic carbocycles. The van der Waals surface area contributed by atoms with E-state index in [0.29, 0.717) is 12.8 Å². The molecule has 0 aliphatic carbocycles. The van der Waals surface area contributed by atoms with Crippen LogP contribution in [0.25, 0.3) is 0 Å². The number of unbranched alkanes of at least 4 members (excludes halogenated alkanes) is 5. The Balaban J connectivity index is 6.59. The van der Waals surface area contributed by atoms with Crippen LogP contribution in [0.2, 0.25) is 2.82 Å². The molecule has 0 rings (SSSR count). The lowest BCUT2D eigenvalue weighted by atomic mass is 10.0. The average Bonchev–Trinajstić information content (AvgIpc) is 2.77. The Labute approximate surface area is 157 Å². The van der Waals surface area contributed by atoms with Gasteiger partial charge in [0.1, 0.15) is 2.82 Å². The highest BCUT2D eigenvalue weighted by Gasteiger charge is 2.08. The molecule has 4 N–H and O–H groups in total. The molecule has 2 atom stereocenters. The van der Waals surface area contributed by atoms with Crippen molar-refractivity contribution in [2.75, 3.05) is 6.56 Å². The molecule has 0 aromatic heterocycles. The van der Waals surface area contributed by atoms with Gasteiger partial charge >= 0.3 is 0 Å². The zero-order valence-corrected chi connectivity index (χ0v) is 12.3. The summed E-state index contributed by atoms with van der Waals surface area (Å²) in [5.41, 5.74) is -1.03. The normalized spacial score (nSPS) is 35.4. The number of rotatable bonds is 16. The molecule has 0 saturated heterocycles.